The van der Waals surface area contributed by atoms with Crippen molar-refractivity contribution in [2.24, 2.45) is 11.7 Å². The Kier molecular flexibility index (Phi) is 5.41. The van der Waals surface area contributed by atoms with Crippen molar-refractivity contribution < 1.29 is 9.53 Å². The van der Waals surface area contributed by atoms with E-state index in [2.05, 4.69) is 12.2 Å². The molecule has 0 saturated heterocycles. The Bertz CT molecular complexity index is 425. The van der Waals surface area contributed by atoms with Gasteiger partial charge in [-0.2, -0.15) is 0 Å². The van der Waals surface area contributed by atoms with Crippen LogP contribution in [0.25, 0.3) is 0 Å². The van der Waals surface area contributed by atoms with Gasteiger partial charge in [0.2, 0.25) is 0 Å². The summed E-state index contributed by atoms with van der Waals surface area (Å²) in [7, 11) is 0. The first kappa shape index (κ1) is 14.9. The lowest BCUT2D eigenvalue weighted by molar-refractivity contribution is 0.0935. The Balaban J connectivity index is 1.75. The van der Waals surface area contributed by atoms with Gasteiger partial charge in [-0.1, -0.05) is 13.3 Å². The number of benzene rings is 1. The van der Waals surface area contributed by atoms with Crippen LogP contribution in [0.3, 0.4) is 0 Å². The van der Waals surface area contributed by atoms with Crippen molar-refractivity contribution in [3.63, 3.8) is 0 Å². The highest BCUT2D eigenvalue weighted by atomic mass is 16.5. The zero-order valence-corrected chi connectivity index (χ0v) is 12.1. The number of unbranched alkanes of at least 4 members (excludes halogenated alkanes) is 1. The quantitative estimate of drug-likeness (QED) is 0.751. The molecule has 0 atom stereocenters. The second kappa shape index (κ2) is 7.29. The molecule has 1 aliphatic carbocycles. The van der Waals surface area contributed by atoms with Crippen LogP contribution in [-0.4, -0.2) is 25.1 Å². The minimum Gasteiger partial charge on any atom is -0.494 e. The van der Waals surface area contributed by atoms with Gasteiger partial charge in [0.1, 0.15) is 5.75 Å². The number of ether oxygens (including phenoxy) is 1. The van der Waals surface area contributed by atoms with Gasteiger partial charge >= 0.3 is 0 Å². The van der Waals surface area contributed by atoms with E-state index in [0.29, 0.717) is 17.5 Å². The Labute approximate surface area is 120 Å². The fourth-order valence-electron chi connectivity index (χ4n) is 2.33. The molecule has 110 valence electrons. The van der Waals surface area contributed by atoms with E-state index >= 15 is 0 Å². The maximum Gasteiger partial charge on any atom is 0.251 e. The van der Waals surface area contributed by atoms with Crippen LogP contribution < -0.4 is 15.8 Å². The minimum absolute atomic E-state index is 0.0226. The van der Waals surface area contributed by atoms with E-state index in [4.69, 9.17) is 10.5 Å². The Morgan fingerprint density at radius 3 is 2.65 bits per heavy atom. The van der Waals surface area contributed by atoms with Crippen LogP contribution in [0, 0.1) is 5.92 Å². The highest BCUT2D eigenvalue weighted by Crippen LogP contribution is 2.24. The molecular weight excluding hydrogens is 252 g/mol. The summed E-state index contributed by atoms with van der Waals surface area (Å²) >= 11 is 0. The highest BCUT2D eigenvalue weighted by molar-refractivity contribution is 5.94. The molecule has 4 nitrogen and oxygen atoms in total. The summed E-state index contributed by atoms with van der Waals surface area (Å²) in [5.41, 5.74) is 6.40. The third-order valence-corrected chi connectivity index (χ3v) is 3.71. The maximum atomic E-state index is 12.0. The third-order valence-electron chi connectivity index (χ3n) is 3.71. The molecule has 0 aliphatic heterocycles. The zero-order chi connectivity index (χ0) is 14.4. The smallest absolute Gasteiger partial charge is 0.251 e. The topological polar surface area (TPSA) is 64.3 Å². The molecule has 20 heavy (non-hydrogen) atoms. The van der Waals surface area contributed by atoms with Gasteiger partial charge in [-0.05, 0) is 49.4 Å². The Hall–Kier alpha value is -1.55. The predicted molar refractivity (Wildman–Crippen MR) is 79.9 cm³/mol. The van der Waals surface area contributed by atoms with E-state index in [9.17, 15) is 4.79 Å². The summed E-state index contributed by atoms with van der Waals surface area (Å²) in [6, 6.07) is 7.65. The average molecular weight is 276 g/mol. The summed E-state index contributed by atoms with van der Waals surface area (Å²) in [6.07, 6.45) is 4.20. The van der Waals surface area contributed by atoms with Crippen molar-refractivity contribution in [3.05, 3.63) is 29.8 Å². The number of amides is 1. The van der Waals surface area contributed by atoms with E-state index < -0.39 is 0 Å². The number of nitrogens with two attached hydrogens (primary N) is 1. The Morgan fingerprint density at radius 1 is 1.35 bits per heavy atom. The number of nitrogens with one attached hydrogen (secondary N) is 1. The van der Waals surface area contributed by atoms with Crippen LogP contribution in [0.1, 0.15) is 43.0 Å². The summed E-state index contributed by atoms with van der Waals surface area (Å²) < 4.78 is 5.57. The summed E-state index contributed by atoms with van der Waals surface area (Å²) in [6.45, 7) is 3.58. The van der Waals surface area contributed by atoms with Crippen LogP contribution in [0.15, 0.2) is 24.3 Å². The highest BCUT2D eigenvalue weighted by Gasteiger charge is 2.25. The number of hydrogen-bond acceptors (Lipinski definition) is 3. The van der Waals surface area contributed by atoms with Crippen LogP contribution >= 0.6 is 0 Å². The number of carbonyl (C=O) groups excluding carboxylic acids is 1. The molecule has 0 heterocycles. The number of carbonyl (C=O) groups is 1. The number of rotatable bonds is 7. The van der Waals surface area contributed by atoms with Crippen LogP contribution in [0.5, 0.6) is 5.75 Å². The molecule has 2 rings (SSSR count). The van der Waals surface area contributed by atoms with E-state index in [1.54, 1.807) is 0 Å². The Morgan fingerprint density at radius 2 is 2.05 bits per heavy atom. The first-order chi connectivity index (χ1) is 9.69. The standard InChI is InChI=1S/C16H24N2O2/c1-2-3-8-20-15-6-4-13(5-7-15)16(19)18-11-12-9-14(17)10-12/h4-7,12,14H,2-3,8-11,17H2,1H3,(H,18,19). The molecule has 0 aromatic heterocycles. The van der Waals surface area contributed by atoms with Gasteiger partial charge < -0.3 is 15.8 Å². The van der Waals surface area contributed by atoms with Crippen molar-refractivity contribution >= 4 is 5.91 Å². The maximum absolute atomic E-state index is 12.0. The van der Waals surface area contributed by atoms with Crippen molar-refractivity contribution in [3.8, 4) is 5.75 Å². The molecule has 3 N–H and O–H groups in total. The molecule has 1 aromatic carbocycles. The molecule has 0 bridgehead atoms. The first-order valence-corrected chi connectivity index (χ1v) is 7.45. The fraction of sp³-hybridized carbons (Fsp3) is 0.562. The molecule has 0 spiro atoms. The molecular formula is C16H24N2O2. The lowest BCUT2D eigenvalue weighted by atomic mass is 9.81. The normalized spacial score (nSPS) is 21.1. The molecule has 1 fully saturated rings. The molecule has 1 aliphatic rings. The second-order valence-electron chi connectivity index (χ2n) is 5.53. The molecule has 1 aromatic rings. The summed E-state index contributed by atoms with van der Waals surface area (Å²) in [4.78, 5) is 12.0. The van der Waals surface area contributed by atoms with Crippen molar-refractivity contribution in [1.29, 1.82) is 0 Å². The van der Waals surface area contributed by atoms with E-state index in [1.807, 2.05) is 24.3 Å². The van der Waals surface area contributed by atoms with Gasteiger partial charge in [-0.15, -0.1) is 0 Å². The first-order valence-electron chi connectivity index (χ1n) is 7.45. The average Bonchev–Trinajstić information content (AvgIpc) is 2.43. The van der Waals surface area contributed by atoms with E-state index in [0.717, 1.165) is 44.6 Å². The van der Waals surface area contributed by atoms with Gasteiger partial charge in [0, 0.05) is 18.2 Å². The van der Waals surface area contributed by atoms with Crippen molar-refractivity contribution in [1.82, 2.24) is 5.32 Å². The second-order valence-corrected chi connectivity index (χ2v) is 5.53. The van der Waals surface area contributed by atoms with Crippen LogP contribution in [-0.2, 0) is 0 Å². The number of hydrogen-bond donors (Lipinski definition) is 2. The minimum atomic E-state index is -0.0226. The van der Waals surface area contributed by atoms with Gasteiger partial charge in [-0.25, -0.2) is 0 Å². The lowest BCUT2D eigenvalue weighted by Gasteiger charge is -2.32. The van der Waals surface area contributed by atoms with Crippen LogP contribution in [0.4, 0.5) is 0 Å². The van der Waals surface area contributed by atoms with Gasteiger partial charge in [-0.3, -0.25) is 4.79 Å². The van der Waals surface area contributed by atoms with E-state index in [-0.39, 0.29) is 5.91 Å². The van der Waals surface area contributed by atoms with E-state index in [1.165, 1.54) is 0 Å². The molecule has 4 heteroatoms. The SMILES string of the molecule is CCCCOc1ccc(C(=O)NCC2CC(N)C2)cc1. The summed E-state index contributed by atoms with van der Waals surface area (Å²) in [5.74, 6) is 1.34. The lowest BCUT2D eigenvalue weighted by Crippen LogP contribution is -2.42. The van der Waals surface area contributed by atoms with Gasteiger partial charge in [0.25, 0.3) is 5.91 Å². The molecule has 0 unspecified atom stereocenters. The molecule has 0 radical (unpaired) electrons. The zero-order valence-electron chi connectivity index (χ0n) is 12.1. The fourth-order valence-corrected chi connectivity index (χ4v) is 2.33. The molecule has 1 amide bonds. The monoisotopic (exact) mass is 276 g/mol. The van der Waals surface area contributed by atoms with Gasteiger partial charge in [0.05, 0.1) is 6.61 Å². The largest absolute Gasteiger partial charge is 0.494 e. The third kappa shape index (κ3) is 4.23. The van der Waals surface area contributed by atoms with Crippen molar-refractivity contribution in [2.75, 3.05) is 13.2 Å². The molecule has 1 saturated carbocycles. The van der Waals surface area contributed by atoms with Crippen LogP contribution in [0.2, 0.25) is 0 Å². The van der Waals surface area contributed by atoms with Gasteiger partial charge in [0.15, 0.2) is 0 Å². The van der Waals surface area contributed by atoms with Crippen molar-refractivity contribution in [2.45, 2.75) is 38.6 Å². The predicted octanol–water partition coefficient (Wildman–Crippen LogP) is 2.33. The summed E-state index contributed by atoms with van der Waals surface area (Å²) in [5, 5.41) is 2.96.